The predicted molar refractivity (Wildman–Crippen MR) is 76.8 cm³/mol. The van der Waals surface area contributed by atoms with Gasteiger partial charge in [0.15, 0.2) is 0 Å². The number of likely N-dealkylation sites (tertiary alicyclic amines) is 1. The van der Waals surface area contributed by atoms with Gasteiger partial charge in [-0.1, -0.05) is 0 Å². The number of urea groups is 1. The van der Waals surface area contributed by atoms with E-state index in [9.17, 15) is 14.0 Å². The number of aliphatic carboxylic acids is 1. The van der Waals surface area contributed by atoms with Crippen molar-refractivity contribution >= 4 is 17.7 Å². The molecular weight excluding hydrogens is 275 g/mol. The van der Waals surface area contributed by atoms with Gasteiger partial charge in [0.05, 0.1) is 6.42 Å². The van der Waals surface area contributed by atoms with Crippen molar-refractivity contribution in [3.8, 4) is 0 Å². The number of carboxylic acids is 1. The molecule has 2 amide bonds. The molecule has 2 rings (SSSR count). The number of anilines is 1. The maximum Gasteiger partial charge on any atom is 0.322 e. The van der Waals surface area contributed by atoms with Crippen LogP contribution in [0.25, 0.3) is 0 Å². The number of benzene rings is 1. The van der Waals surface area contributed by atoms with E-state index in [-0.39, 0.29) is 24.3 Å². The maximum atomic E-state index is 13.1. The molecule has 0 radical (unpaired) electrons. The number of amides is 2. The van der Waals surface area contributed by atoms with Crippen LogP contribution < -0.4 is 5.32 Å². The van der Waals surface area contributed by atoms with E-state index >= 15 is 0 Å². The summed E-state index contributed by atoms with van der Waals surface area (Å²) in [6.45, 7) is 2.26. The minimum Gasteiger partial charge on any atom is -0.481 e. The lowest BCUT2D eigenvalue weighted by Crippen LogP contribution is -2.46. The van der Waals surface area contributed by atoms with Crippen molar-refractivity contribution in [2.75, 3.05) is 11.9 Å². The Labute approximate surface area is 122 Å². The summed E-state index contributed by atoms with van der Waals surface area (Å²) in [5.74, 6) is -1.26. The summed E-state index contributed by atoms with van der Waals surface area (Å²) in [7, 11) is 0. The number of piperidine rings is 1. The number of hydrogen-bond acceptors (Lipinski definition) is 2. The Morgan fingerprint density at radius 1 is 1.43 bits per heavy atom. The average molecular weight is 294 g/mol. The van der Waals surface area contributed by atoms with Crippen LogP contribution in [0.2, 0.25) is 0 Å². The summed E-state index contributed by atoms with van der Waals surface area (Å²) in [5.41, 5.74) is 1.18. The minimum atomic E-state index is -0.905. The first-order chi connectivity index (χ1) is 9.97. The van der Waals surface area contributed by atoms with Gasteiger partial charge >= 0.3 is 12.0 Å². The lowest BCUT2D eigenvalue weighted by atomic mass is 10.00. The van der Waals surface area contributed by atoms with Crippen molar-refractivity contribution < 1.29 is 19.1 Å². The fraction of sp³-hybridized carbons (Fsp3) is 0.467. The monoisotopic (exact) mass is 294 g/mol. The number of rotatable bonds is 3. The van der Waals surface area contributed by atoms with Crippen molar-refractivity contribution in [1.29, 1.82) is 0 Å². The molecule has 1 atom stereocenters. The Morgan fingerprint density at radius 3 is 2.86 bits per heavy atom. The lowest BCUT2D eigenvalue weighted by molar-refractivity contribution is -0.138. The number of carboxylic acid groups (broad SMARTS) is 1. The summed E-state index contributed by atoms with van der Waals surface area (Å²) < 4.78 is 13.1. The number of halogens is 1. The van der Waals surface area contributed by atoms with Crippen molar-refractivity contribution in [3.05, 3.63) is 29.6 Å². The summed E-state index contributed by atoms with van der Waals surface area (Å²) in [6.07, 6.45) is 2.45. The zero-order valence-electron chi connectivity index (χ0n) is 11.9. The molecule has 0 aliphatic carbocycles. The molecule has 1 saturated heterocycles. The first-order valence-electron chi connectivity index (χ1n) is 7.03. The molecule has 6 heteroatoms. The van der Waals surface area contributed by atoms with E-state index in [1.807, 2.05) is 0 Å². The van der Waals surface area contributed by atoms with Crippen LogP contribution in [0, 0.1) is 12.7 Å². The van der Waals surface area contributed by atoms with E-state index in [4.69, 9.17) is 5.11 Å². The Balaban J connectivity index is 2.08. The molecule has 1 aromatic carbocycles. The zero-order valence-corrected chi connectivity index (χ0v) is 11.9. The number of aryl methyl sites for hydroxylation is 1. The molecule has 2 N–H and O–H groups in total. The van der Waals surface area contributed by atoms with Gasteiger partial charge in [-0.25, -0.2) is 9.18 Å². The average Bonchev–Trinajstić information content (AvgIpc) is 2.42. The largest absolute Gasteiger partial charge is 0.481 e. The maximum absolute atomic E-state index is 13.1. The highest BCUT2D eigenvalue weighted by molar-refractivity contribution is 5.90. The Hall–Kier alpha value is -2.11. The Bertz CT molecular complexity index is 548. The number of hydrogen-bond donors (Lipinski definition) is 2. The zero-order chi connectivity index (χ0) is 15.4. The second-order valence-electron chi connectivity index (χ2n) is 5.33. The van der Waals surface area contributed by atoms with E-state index in [1.54, 1.807) is 11.8 Å². The highest BCUT2D eigenvalue weighted by Gasteiger charge is 2.28. The van der Waals surface area contributed by atoms with Crippen LogP contribution in [-0.2, 0) is 4.79 Å². The third kappa shape index (κ3) is 3.93. The van der Waals surface area contributed by atoms with Crippen molar-refractivity contribution in [2.24, 2.45) is 0 Å². The molecule has 5 nitrogen and oxygen atoms in total. The molecule has 1 aliphatic heterocycles. The fourth-order valence-electron chi connectivity index (χ4n) is 2.64. The smallest absolute Gasteiger partial charge is 0.322 e. The number of carbonyl (C=O) groups is 2. The normalized spacial score (nSPS) is 18.4. The minimum absolute atomic E-state index is 0.0458. The molecule has 114 valence electrons. The third-order valence-corrected chi connectivity index (χ3v) is 3.73. The van der Waals surface area contributed by atoms with Crippen LogP contribution in [0.1, 0.15) is 31.2 Å². The molecule has 21 heavy (non-hydrogen) atoms. The number of nitrogens with zero attached hydrogens (tertiary/aromatic N) is 1. The molecule has 1 unspecified atom stereocenters. The SMILES string of the molecule is Cc1cc(F)ccc1NC(=O)N1CCCCC1CC(=O)O. The molecule has 1 aliphatic rings. The van der Waals surface area contributed by atoms with E-state index in [2.05, 4.69) is 5.32 Å². The highest BCUT2D eigenvalue weighted by atomic mass is 19.1. The van der Waals surface area contributed by atoms with E-state index < -0.39 is 5.97 Å². The molecule has 1 heterocycles. The van der Waals surface area contributed by atoms with Crippen LogP contribution >= 0.6 is 0 Å². The van der Waals surface area contributed by atoms with Gasteiger partial charge in [0.2, 0.25) is 0 Å². The first kappa shape index (κ1) is 15.3. The van der Waals surface area contributed by atoms with Crippen LogP contribution in [-0.4, -0.2) is 34.6 Å². The van der Waals surface area contributed by atoms with Crippen molar-refractivity contribution in [2.45, 2.75) is 38.6 Å². The topological polar surface area (TPSA) is 69.6 Å². The quantitative estimate of drug-likeness (QED) is 0.900. The second kappa shape index (κ2) is 6.56. The van der Waals surface area contributed by atoms with E-state index in [0.29, 0.717) is 24.2 Å². The first-order valence-corrected chi connectivity index (χ1v) is 7.03. The molecular formula is C15H19FN2O3. The molecule has 1 aromatic rings. The van der Waals surface area contributed by atoms with Gasteiger partial charge in [-0.05, 0) is 49.9 Å². The van der Waals surface area contributed by atoms with Crippen molar-refractivity contribution in [1.82, 2.24) is 4.90 Å². The van der Waals surface area contributed by atoms with Crippen LogP contribution in [0.3, 0.4) is 0 Å². The Morgan fingerprint density at radius 2 is 2.19 bits per heavy atom. The van der Waals surface area contributed by atoms with Crippen LogP contribution in [0.15, 0.2) is 18.2 Å². The lowest BCUT2D eigenvalue weighted by Gasteiger charge is -2.35. The van der Waals surface area contributed by atoms with Gasteiger partial charge in [-0.2, -0.15) is 0 Å². The highest BCUT2D eigenvalue weighted by Crippen LogP contribution is 2.22. The third-order valence-electron chi connectivity index (χ3n) is 3.73. The van der Waals surface area contributed by atoms with Gasteiger partial charge in [0.25, 0.3) is 0 Å². The van der Waals surface area contributed by atoms with Gasteiger partial charge in [0, 0.05) is 18.3 Å². The van der Waals surface area contributed by atoms with Gasteiger partial charge < -0.3 is 15.3 Å². The van der Waals surface area contributed by atoms with Crippen molar-refractivity contribution in [3.63, 3.8) is 0 Å². The molecule has 1 fully saturated rings. The fourth-order valence-corrected chi connectivity index (χ4v) is 2.64. The summed E-state index contributed by atoms with van der Waals surface area (Å²) in [5, 5.41) is 11.7. The van der Waals surface area contributed by atoms with Crippen LogP contribution in [0.5, 0.6) is 0 Å². The second-order valence-corrected chi connectivity index (χ2v) is 5.33. The summed E-state index contributed by atoms with van der Waals surface area (Å²) in [4.78, 5) is 24.8. The predicted octanol–water partition coefficient (Wildman–Crippen LogP) is 3.00. The number of carbonyl (C=O) groups excluding carboxylic acids is 1. The number of nitrogens with one attached hydrogen (secondary N) is 1. The molecule has 0 spiro atoms. The van der Waals surface area contributed by atoms with Crippen LogP contribution in [0.4, 0.5) is 14.9 Å². The standard InChI is InChI=1S/C15H19FN2O3/c1-10-8-11(16)5-6-13(10)17-15(21)18-7-3-2-4-12(18)9-14(19)20/h5-6,8,12H,2-4,7,9H2,1H3,(H,17,21)(H,19,20). The van der Waals surface area contributed by atoms with Gasteiger partial charge in [0.1, 0.15) is 5.82 Å². The van der Waals surface area contributed by atoms with E-state index in [1.165, 1.54) is 18.2 Å². The van der Waals surface area contributed by atoms with Gasteiger partial charge in [-0.15, -0.1) is 0 Å². The molecule has 0 bridgehead atoms. The van der Waals surface area contributed by atoms with E-state index in [0.717, 1.165) is 12.8 Å². The molecule has 0 saturated carbocycles. The molecule has 0 aromatic heterocycles. The summed E-state index contributed by atoms with van der Waals surface area (Å²) in [6, 6.07) is 3.54. The summed E-state index contributed by atoms with van der Waals surface area (Å²) >= 11 is 0. The van der Waals surface area contributed by atoms with Gasteiger partial charge in [-0.3, -0.25) is 4.79 Å². The Kier molecular flexibility index (Phi) is 4.77.